The Labute approximate surface area is 101 Å². The molecular formula is C11H9ClN2O3. The molecule has 0 radical (unpaired) electrons. The van der Waals surface area contributed by atoms with Crippen molar-refractivity contribution in [2.45, 2.75) is 6.42 Å². The van der Waals surface area contributed by atoms with E-state index in [1.165, 1.54) is 7.11 Å². The van der Waals surface area contributed by atoms with Crippen LogP contribution in [0.2, 0.25) is 5.02 Å². The van der Waals surface area contributed by atoms with Gasteiger partial charge in [-0.3, -0.25) is 9.59 Å². The maximum atomic E-state index is 11.6. The summed E-state index contributed by atoms with van der Waals surface area (Å²) < 4.78 is 4.49. The Kier molecular flexibility index (Phi) is 3.10. The van der Waals surface area contributed by atoms with Crippen LogP contribution in [-0.4, -0.2) is 23.0 Å². The lowest BCUT2D eigenvalue weighted by Crippen LogP contribution is -2.19. The maximum Gasteiger partial charge on any atom is 0.311 e. The highest BCUT2D eigenvalue weighted by Crippen LogP contribution is 2.14. The Bertz CT molecular complexity index is 636. The molecule has 0 unspecified atom stereocenters. The number of hydrogen-bond acceptors (Lipinski definition) is 4. The smallest absolute Gasteiger partial charge is 0.311 e. The van der Waals surface area contributed by atoms with E-state index in [9.17, 15) is 9.59 Å². The van der Waals surface area contributed by atoms with Crippen LogP contribution in [0.25, 0.3) is 11.0 Å². The predicted molar refractivity (Wildman–Crippen MR) is 63.1 cm³/mol. The van der Waals surface area contributed by atoms with Crippen LogP contribution in [0.15, 0.2) is 23.0 Å². The molecule has 0 fully saturated rings. The van der Waals surface area contributed by atoms with E-state index in [-0.39, 0.29) is 12.1 Å². The fourth-order valence-electron chi connectivity index (χ4n) is 1.42. The highest BCUT2D eigenvalue weighted by molar-refractivity contribution is 6.31. The molecule has 1 heterocycles. The molecular weight excluding hydrogens is 244 g/mol. The molecule has 1 N–H and O–H groups in total. The molecule has 0 amide bonds. The van der Waals surface area contributed by atoms with Gasteiger partial charge in [0.2, 0.25) is 0 Å². The van der Waals surface area contributed by atoms with Gasteiger partial charge in [-0.1, -0.05) is 11.6 Å². The fraction of sp³-hybridized carbons (Fsp3) is 0.182. The van der Waals surface area contributed by atoms with Gasteiger partial charge in [-0.05, 0) is 18.2 Å². The van der Waals surface area contributed by atoms with E-state index in [1.54, 1.807) is 18.2 Å². The third kappa shape index (κ3) is 2.45. The Morgan fingerprint density at radius 3 is 3.00 bits per heavy atom. The number of halogens is 1. The van der Waals surface area contributed by atoms with Gasteiger partial charge >= 0.3 is 5.97 Å². The molecule has 2 rings (SSSR count). The molecule has 6 heteroatoms. The number of esters is 1. The van der Waals surface area contributed by atoms with Crippen LogP contribution in [-0.2, 0) is 16.0 Å². The summed E-state index contributed by atoms with van der Waals surface area (Å²) in [4.78, 5) is 29.4. The second-order valence-electron chi connectivity index (χ2n) is 3.43. The van der Waals surface area contributed by atoms with Gasteiger partial charge in [0.05, 0.1) is 24.6 Å². The summed E-state index contributed by atoms with van der Waals surface area (Å²) >= 11 is 5.82. The van der Waals surface area contributed by atoms with E-state index in [0.717, 1.165) is 0 Å². The van der Waals surface area contributed by atoms with Gasteiger partial charge in [0, 0.05) is 5.02 Å². The zero-order valence-electron chi connectivity index (χ0n) is 8.99. The molecule has 0 aliphatic heterocycles. The highest BCUT2D eigenvalue weighted by atomic mass is 35.5. The van der Waals surface area contributed by atoms with E-state index >= 15 is 0 Å². The number of nitrogens with zero attached hydrogens (tertiary/aromatic N) is 1. The van der Waals surface area contributed by atoms with Gasteiger partial charge in [-0.15, -0.1) is 0 Å². The fourth-order valence-corrected chi connectivity index (χ4v) is 1.59. The van der Waals surface area contributed by atoms with Gasteiger partial charge in [0.25, 0.3) is 5.56 Å². The number of aromatic nitrogens is 2. The van der Waals surface area contributed by atoms with E-state index < -0.39 is 11.5 Å². The average molecular weight is 253 g/mol. The van der Waals surface area contributed by atoms with Crippen molar-refractivity contribution in [3.8, 4) is 0 Å². The van der Waals surface area contributed by atoms with Crippen molar-refractivity contribution in [2.75, 3.05) is 7.11 Å². The molecule has 88 valence electrons. The number of fused-ring (bicyclic) bond motifs is 1. The molecule has 0 atom stereocenters. The van der Waals surface area contributed by atoms with Crippen molar-refractivity contribution < 1.29 is 9.53 Å². The SMILES string of the molecule is COC(=O)Cc1nc2cc(Cl)ccc2[nH]c1=O. The monoisotopic (exact) mass is 252 g/mol. The van der Waals surface area contributed by atoms with Crippen LogP contribution in [0.1, 0.15) is 5.69 Å². The first-order valence-electron chi connectivity index (χ1n) is 4.85. The Balaban J connectivity index is 2.53. The van der Waals surface area contributed by atoms with Crippen molar-refractivity contribution >= 4 is 28.6 Å². The Hall–Kier alpha value is -1.88. The van der Waals surface area contributed by atoms with E-state index in [4.69, 9.17) is 11.6 Å². The Morgan fingerprint density at radius 2 is 2.29 bits per heavy atom. The lowest BCUT2D eigenvalue weighted by atomic mass is 10.2. The first-order valence-corrected chi connectivity index (χ1v) is 5.23. The van der Waals surface area contributed by atoms with Crippen molar-refractivity contribution in [2.24, 2.45) is 0 Å². The largest absolute Gasteiger partial charge is 0.469 e. The van der Waals surface area contributed by atoms with Crippen LogP contribution in [0.5, 0.6) is 0 Å². The van der Waals surface area contributed by atoms with Crippen LogP contribution in [0.3, 0.4) is 0 Å². The molecule has 1 aromatic heterocycles. The van der Waals surface area contributed by atoms with E-state index in [0.29, 0.717) is 16.1 Å². The van der Waals surface area contributed by atoms with E-state index in [2.05, 4.69) is 14.7 Å². The van der Waals surface area contributed by atoms with Crippen LogP contribution >= 0.6 is 11.6 Å². The topological polar surface area (TPSA) is 72.0 Å². The molecule has 1 aromatic carbocycles. The Morgan fingerprint density at radius 1 is 1.53 bits per heavy atom. The number of carbonyl (C=O) groups excluding carboxylic acids is 1. The number of carbonyl (C=O) groups is 1. The minimum absolute atomic E-state index is 0.117. The van der Waals surface area contributed by atoms with E-state index in [1.807, 2.05) is 0 Å². The normalized spacial score (nSPS) is 10.5. The van der Waals surface area contributed by atoms with Gasteiger partial charge in [-0.2, -0.15) is 0 Å². The summed E-state index contributed by atoms with van der Waals surface area (Å²) in [7, 11) is 1.26. The van der Waals surface area contributed by atoms with Crippen molar-refractivity contribution in [3.05, 3.63) is 39.3 Å². The molecule has 2 aromatic rings. The minimum Gasteiger partial charge on any atom is -0.469 e. The van der Waals surface area contributed by atoms with Crippen molar-refractivity contribution in [1.29, 1.82) is 0 Å². The van der Waals surface area contributed by atoms with Crippen LogP contribution in [0, 0.1) is 0 Å². The number of nitrogens with one attached hydrogen (secondary N) is 1. The third-order valence-corrected chi connectivity index (χ3v) is 2.50. The summed E-state index contributed by atoms with van der Waals surface area (Å²) in [5.74, 6) is -0.510. The maximum absolute atomic E-state index is 11.6. The quantitative estimate of drug-likeness (QED) is 0.818. The number of ether oxygens (including phenoxy) is 1. The van der Waals surface area contributed by atoms with Crippen LogP contribution in [0.4, 0.5) is 0 Å². The molecule has 0 spiro atoms. The average Bonchev–Trinajstić information content (AvgIpc) is 2.30. The summed E-state index contributed by atoms with van der Waals surface area (Å²) in [5, 5.41) is 0.515. The second kappa shape index (κ2) is 4.55. The lowest BCUT2D eigenvalue weighted by molar-refractivity contribution is -0.139. The first kappa shape index (κ1) is 11.6. The molecule has 0 aliphatic carbocycles. The number of hydrogen-bond donors (Lipinski definition) is 1. The zero-order valence-corrected chi connectivity index (χ0v) is 9.75. The number of rotatable bonds is 2. The van der Waals surface area contributed by atoms with Gasteiger partial charge in [0.1, 0.15) is 5.69 Å². The van der Waals surface area contributed by atoms with Crippen molar-refractivity contribution in [3.63, 3.8) is 0 Å². The second-order valence-corrected chi connectivity index (χ2v) is 3.86. The molecule has 0 saturated heterocycles. The van der Waals surface area contributed by atoms with Gasteiger partial charge in [-0.25, -0.2) is 4.98 Å². The highest BCUT2D eigenvalue weighted by Gasteiger charge is 2.10. The first-order chi connectivity index (χ1) is 8.10. The molecule has 0 bridgehead atoms. The predicted octanol–water partition coefficient (Wildman–Crippen LogP) is 1.29. The summed E-state index contributed by atoms with van der Waals surface area (Å²) in [5.41, 5.74) is 0.834. The third-order valence-electron chi connectivity index (χ3n) is 2.26. The van der Waals surface area contributed by atoms with Gasteiger partial charge < -0.3 is 9.72 Å². The molecule has 5 nitrogen and oxygen atoms in total. The number of methoxy groups -OCH3 is 1. The van der Waals surface area contributed by atoms with Crippen molar-refractivity contribution in [1.82, 2.24) is 9.97 Å². The summed E-state index contributed by atoms with van der Waals surface area (Å²) in [6.07, 6.45) is -0.158. The number of H-pyrrole nitrogens is 1. The minimum atomic E-state index is -0.510. The lowest BCUT2D eigenvalue weighted by Gasteiger charge is -2.02. The molecule has 0 aliphatic rings. The van der Waals surface area contributed by atoms with Gasteiger partial charge in [0.15, 0.2) is 0 Å². The molecule has 17 heavy (non-hydrogen) atoms. The summed E-state index contributed by atoms with van der Waals surface area (Å²) in [6.45, 7) is 0. The summed E-state index contributed by atoms with van der Waals surface area (Å²) in [6, 6.07) is 4.93. The standard InChI is InChI=1S/C11H9ClN2O3/c1-17-10(15)5-9-11(16)14-7-3-2-6(12)4-8(7)13-9/h2-4H,5H2,1H3,(H,14,16). The number of aromatic amines is 1. The van der Waals surface area contributed by atoms with Crippen LogP contribution < -0.4 is 5.56 Å². The zero-order chi connectivity index (χ0) is 12.4. The molecule has 0 saturated carbocycles. The number of benzene rings is 1.